The summed E-state index contributed by atoms with van der Waals surface area (Å²) < 4.78 is 52.5. The maximum Gasteiger partial charge on any atom is 0.452 e. The molecule has 0 radical (unpaired) electrons. The fourth-order valence-electron chi connectivity index (χ4n) is 0.0945. The Morgan fingerprint density at radius 3 is 1.40 bits per heavy atom. The van der Waals surface area contributed by atoms with Crippen LogP contribution in [0.5, 0.6) is 0 Å². The van der Waals surface area contributed by atoms with Gasteiger partial charge in [-0.15, -0.1) is 0 Å². The van der Waals surface area contributed by atoms with E-state index in [4.69, 9.17) is 0 Å². The van der Waals surface area contributed by atoms with Gasteiger partial charge in [-0.3, -0.25) is 0 Å². The smallest absolute Gasteiger partial charge is 0.176 e. The standard InChI is InChI=1S/C2ClF5S2/c3-1(4,5)9-10-2(6,7)8. The predicted octanol–water partition coefficient (Wildman–Crippen LogP) is 3.68. The molecule has 0 aromatic heterocycles. The summed E-state index contributed by atoms with van der Waals surface area (Å²) in [6.07, 6.45) is 0. The Hall–Kier alpha value is 0.640. The minimum Gasteiger partial charge on any atom is -0.176 e. The highest BCUT2D eigenvalue weighted by molar-refractivity contribution is 8.77. The summed E-state index contributed by atoms with van der Waals surface area (Å²) in [6, 6.07) is 0. The Morgan fingerprint density at radius 2 is 1.30 bits per heavy atom. The number of hydrogen-bond acceptors (Lipinski definition) is 2. The zero-order valence-corrected chi connectivity index (χ0v) is 6.47. The number of hydrogen-bond donors (Lipinski definition) is 0. The first-order chi connectivity index (χ1) is 4.21. The Balaban J connectivity index is 3.56. The SMILES string of the molecule is FC(F)(F)SSC(F)(F)Cl. The van der Waals surface area contributed by atoms with Gasteiger partial charge in [-0.2, -0.15) is 22.0 Å². The van der Waals surface area contributed by atoms with Crippen molar-refractivity contribution in [1.82, 2.24) is 0 Å². The van der Waals surface area contributed by atoms with Crippen LogP contribution < -0.4 is 0 Å². The summed E-state index contributed by atoms with van der Waals surface area (Å²) in [5.41, 5.74) is -4.68. The molecule has 0 fully saturated rings. The van der Waals surface area contributed by atoms with Gasteiger partial charge in [0, 0.05) is 21.6 Å². The van der Waals surface area contributed by atoms with Gasteiger partial charge in [0.05, 0.1) is 0 Å². The van der Waals surface area contributed by atoms with E-state index in [1.807, 2.05) is 0 Å². The molecule has 0 spiro atoms. The van der Waals surface area contributed by atoms with Crippen molar-refractivity contribution in [2.24, 2.45) is 0 Å². The molecule has 0 unspecified atom stereocenters. The topological polar surface area (TPSA) is 0 Å². The van der Waals surface area contributed by atoms with Crippen molar-refractivity contribution < 1.29 is 22.0 Å². The van der Waals surface area contributed by atoms with Crippen LogP contribution in [0.1, 0.15) is 0 Å². The monoisotopic (exact) mass is 218 g/mol. The summed E-state index contributed by atoms with van der Waals surface area (Å²) in [6.45, 7) is 0. The maximum absolute atomic E-state index is 11.5. The average Bonchev–Trinajstić information content (AvgIpc) is 1.57. The lowest BCUT2D eigenvalue weighted by molar-refractivity contribution is -0.0312. The predicted molar refractivity (Wildman–Crippen MR) is 32.0 cm³/mol. The quantitative estimate of drug-likeness (QED) is 0.394. The second-order valence-corrected chi connectivity index (χ2v) is 4.07. The molecule has 0 heterocycles. The van der Waals surface area contributed by atoms with Crippen LogP contribution in [0, 0.1) is 0 Å². The van der Waals surface area contributed by atoms with Gasteiger partial charge in [0.15, 0.2) is 0 Å². The fourth-order valence-corrected chi connectivity index (χ4v) is 1.13. The molecule has 0 saturated carbocycles. The molecule has 8 heteroatoms. The Bertz CT molecular complexity index is 91.2. The van der Waals surface area contributed by atoms with Crippen molar-refractivity contribution in [2.45, 2.75) is 10.2 Å². The van der Waals surface area contributed by atoms with E-state index in [-0.39, 0.29) is 0 Å². The second kappa shape index (κ2) is 3.36. The van der Waals surface area contributed by atoms with E-state index in [1.54, 1.807) is 0 Å². The van der Waals surface area contributed by atoms with E-state index < -0.39 is 31.8 Å². The first-order valence-electron chi connectivity index (χ1n) is 1.71. The summed E-state index contributed by atoms with van der Waals surface area (Å²) >= 11 is 4.15. The lowest BCUT2D eigenvalue weighted by Gasteiger charge is -2.07. The zero-order valence-electron chi connectivity index (χ0n) is 4.08. The maximum atomic E-state index is 11.5. The van der Waals surface area contributed by atoms with Crippen molar-refractivity contribution in [3.05, 3.63) is 0 Å². The minimum absolute atomic E-state index is 0.736. The van der Waals surface area contributed by atoms with Gasteiger partial charge >= 0.3 is 10.2 Å². The van der Waals surface area contributed by atoms with Gasteiger partial charge in [0.2, 0.25) is 0 Å². The van der Waals surface area contributed by atoms with Crippen LogP contribution in [0.4, 0.5) is 22.0 Å². The molecule has 0 aliphatic carbocycles. The van der Waals surface area contributed by atoms with E-state index >= 15 is 0 Å². The molecule has 10 heavy (non-hydrogen) atoms. The van der Waals surface area contributed by atoms with Gasteiger partial charge in [0.25, 0.3) is 0 Å². The Kier molecular flexibility index (Phi) is 3.57. The van der Waals surface area contributed by atoms with Crippen molar-refractivity contribution in [3.63, 3.8) is 0 Å². The summed E-state index contributed by atoms with van der Waals surface area (Å²) in [4.78, 5) is 0. The first-order valence-corrected chi connectivity index (χ1v) is 4.24. The second-order valence-electron chi connectivity index (χ2n) is 1.06. The highest BCUT2D eigenvalue weighted by Gasteiger charge is 2.37. The molecule has 0 rings (SSSR count). The highest BCUT2D eigenvalue weighted by Crippen LogP contribution is 2.49. The fraction of sp³-hybridized carbons (Fsp3) is 1.00. The molecule has 0 aromatic carbocycles. The zero-order chi connectivity index (χ0) is 8.41. The Morgan fingerprint density at radius 1 is 0.900 bits per heavy atom. The third-order valence-electron chi connectivity index (χ3n) is 0.231. The highest BCUT2D eigenvalue weighted by atomic mass is 35.5. The van der Waals surface area contributed by atoms with Gasteiger partial charge < -0.3 is 0 Å². The first kappa shape index (κ1) is 10.6. The van der Waals surface area contributed by atoms with E-state index in [0.717, 1.165) is 0 Å². The van der Waals surface area contributed by atoms with Crippen molar-refractivity contribution >= 4 is 33.2 Å². The third kappa shape index (κ3) is 8.64. The van der Waals surface area contributed by atoms with Crippen LogP contribution in [-0.4, -0.2) is 10.2 Å². The molecule has 0 amide bonds. The van der Waals surface area contributed by atoms with Gasteiger partial charge in [0.1, 0.15) is 0 Å². The summed E-state index contributed by atoms with van der Waals surface area (Å²) in [7, 11) is -1.66. The molecule has 62 valence electrons. The van der Waals surface area contributed by atoms with Gasteiger partial charge in [-0.1, -0.05) is 0 Å². The van der Waals surface area contributed by atoms with Crippen LogP contribution >= 0.6 is 33.2 Å². The lowest BCUT2D eigenvalue weighted by atomic mass is 11.6. The molecular weight excluding hydrogens is 219 g/mol. The number of alkyl halides is 6. The average molecular weight is 219 g/mol. The molecule has 0 atom stereocenters. The largest absolute Gasteiger partial charge is 0.452 e. The number of halogens is 6. The Labute approximate surface area is 65.9 Å². The van der Waals surface area contributed by atoms with E-state index in [2.05, 4.69) is 11.6 Å². The van der Waals surface area contributed by atoms with Crippen LogP contribution in [0.3, 0.4) is 0 Å². The molecule has 0 aliphatic rings. The van der Waals surface area contributed by atoms with Crippen LogP contribution in [0.25, 0.3) is 0 Å². The van der Waals surface area contributed by atoms with Crippen molar-refractivity contribution in [2.75, 3.05) is 0 Å². The van der Waals surface area contributed by atoms with Crippen LogP contribution in [-0.2, 0) is 0 Å². The molecule has 0 nitrogen and oxygen atoms in total. The van der Waals surface area contributed by atoms with Gasteiger partial charge in [-0.05, 0) is 11.6 Å². The third-order valence-corrected chi connectivity index (χ3v) is 2.64. The summed E-state index contributed by atoms with van der Waals surface area (Å²) in [5, 5.41) is 0. The number of rotatable bonds is 2. The molecule has 0 aliphatic heterocycles. The van der Waals surface area contributed by atoms with Crippen molar-refractivity contribution in [1.29, 1.82) is 0 Å². The van der Waals surface area contributed by atoms with Gasteiger partial charge in [-0.25, -0.2) is 0 Å². The van der Waals surface area contributed by atoms with E-state index in [1.165, 1.54) is 0 Å². The van der Waals surface area contributed by atoms with Crippen molar-refractivity contribution in [3.8, 4) is 0 Å². The lowest BCUT2D eigenvalue weighted by Crippen LogP contribution is -2.02. The van der Waals surface area contributed by atoms with E-state index in [9.17, 15) is 22.0 Å². The molecule has 0 aromatic rings. The molecule has 0 N–H and O–H groups in total. The van der Waals surface area contributed by atoms with Crippen LogP contribution in [0.15, 0.2) is 0 Å². The van der Waals surface area contributed by atoms with E-state index in [0.29, 0.717) is 0 Å². The molecular formula is C2ClF5S2. The molecule has 0 bridgehead atoms. The summed E-state index contributed by atoms with van der Waals surface area (Å²) in [5.74, 6) is 0. The minimum atomic E-state index is -4.68. The van der Waals surface area contributed by atoms with Crippen LogP contribution in [0.2, 0.25) is 0 Å². The normalized spacial score (nSPS) is 13.8. The molecule has 0 saturated heterocycles.